The average molecular weight is 1230 g/mol. The van der Waals surface area contributed by atoms with E-state index in [1.807, 2.05) is 30.3 Å². The minimum Gasteiger partial charge on any atom is -0.455 e. The van der Waals surface area contributed by atoms with E-state index in [1.54, 1.807) is 53.2 Å². The number of aromatic nitrogens is 2. The van der Waals surface area contributed by atoms with Crippen LogP contribution in [0, 0.1) is 21.4 Å². The molecule has 5 aliphatic rings. The third-order valence-electron chi connectivity index (χ3n) is 17.4. The zero-order valence-electron chi connectivity index (χ0n) is 48.6. The van der Waals surface area contributed by atoms with E-state index >= 15 is 0 Å². The van der Waals surface area contributed by atoms with Gasteiger partial charge in [-0.25, -0.2) is 18.1 Å². The number of piperidine rings is 2. The molecule has 3 saturated heterocycles. The molecule has 4 N–H and O–H groups in total. The first-order valence-corrected chi connectivity index (χ1v) is 32.3. The monoisotopic (exact) mass is 1230 g/mol. The van der Waals surface area contributed by atoms with Gasteiger partial charge in [0.05, 0.1) is 21.6 Å². The van der Waals surface area contributed by atoms with E-state index in [-0.39, 0.29) is 46.6 Å². The second kappa shape index (κ2) is 25.9. The topological polar surface area (TPSA) is 236 Å². The number of hydrogen-bond donors (Lipinski definition) is 4. The van der Waals surface area contributed by atoms with Gasteiger partial charge in [-0.05, 0) is 147 Å². The van der Waals surface area contributed by atoms with Crippen molar-refractivity contribution in [3.63, 3.8) is 0 Å². The molecule has 4 amide bonds. The van der Waals surface area contributed by atoms with Gasteiger partial charge in [-0.1, -0.05) is 49.2 Å². The fourth-order valence-corrected chi connectivity index (χ4v) is 14.5. The summed E-state index contributed by atoms with van der Waals surface area (Å²) < 4.78 is 36.5. The zero-order valence-corrected chi connectivity index (χ0v) is 51.0. The zero-order chi connectivity index (χ0) is 60.3. The highest BCUT2D eigenvalue weighted by Gasteiger charge is 2.40. The van der Waals surface area contributed by atoms with Crippen molar-refractivity contribution in [2.45, 2.75) is 81.2 Å². The van der Waals surface area contributed by atoms with Crippen LogP contribution in [-0.2, 0) is 26.2 Å². The van der Waals surface area contributed by atoms with Crippen molar-refractivity contribution in [3.8, 4) is 11.5 Å². The molecule has 452 valence electrons. The predicted octanol–water partition coefficient (Wildman–Crippen LogP) is 9.43. The number of anilines is 2. The van der Waals surface area contributed by atoms with Crippen LogP contribution >= 0.6 is 23.4 Å². The van der Waals surface area contributed by atoms with Crippen molar-refractivity contribution >= 4 is 90.7 Å². The van der Waals surface area contributed by atoms with Crippen LogP contribution in [0.2, 0.25) is 5.02 Å². The maximum absolute atomic E-state index is 14.2. The number of allylic oxidation sites excluding steroid dienone is 1. The van der Waals surface area contributed by atoms with Gasteiger partial charge in [-0.3, -0.25) is 39.5 Å². The lowest BCUT2D eigenvalue weighted by Crippen LogP contribution is -2.52. The van der Waals surface area contributed by atoms with E-state index in [0.29, 0.717) is 49.6 Å². The Morgan fingerprint density at radius 3 is 2.49 bits per heavy atom. The number of ether oxygens (including phenoxy) is 1. The number of nitro benzene ring substituents is 1. The number of fused-ring (bicyclic) bond motifs is 2. The van der Waals surface area contributed by atoms with Gasteiger partial charge in [0.25, 0.3) is 27.5 Å². The van der Waals surface area contributed by atoms with E-state index < -0.39 is 43.4 Å². The number of thioether (sulfide) groups is 1. The summed E-state index contributed by atoms with van der Waals surface area (Å²) in [5, 5.41) is 19.6. The summed E-state index contributed by atoms with van der Waals surface area (Å²) in [7, 11) is -2.54. The minimum absolute atomic E-state index is 0.0529. The number of hydrogen-bond acceptors (Lipinski definition) is 16. The smallest absolute Gasteiger partial charge is 0.293 e. The lowest BCUT2D eigenvalue weighted by atomic mass is 9.72. The molecule has 1 atom stereocenters. The molecular formula is C63H72ClN11O9S2. The molecular weight excluding hydrogens is 1150 g/mol. The number of H-pyrrole nitrogens is 1. The molecule has 2 aromatic heterocycles. The standard InChI is InChI=1S/C63H72ClN11O9S2/c1-63(2)21-17-44(51(36-63)42-7-9-45(64)10-8-42)39-72-27-29-73(30-28-72)46-11-13-50(56(34-46)84-47-33-43-18-22-65-59(43)67-38-47)60(77)69-86(82,83)48-12-14-53(55(35-48)75(80)81)66-37-41-19-23-71(24-20-41)26-25-70(3)31-32-85-57-6-4-5-49-52(57)40-74(62(49)79)54-15-16-58(76)68-61(54)78/h4-14,18,22,33-35,38,41,54,66H,15-17,19-21,23-32,36-37,39-40H2,1-3H3,(H,65,67)(H,69,77)(H,68,76,78). The Morgan fingerprint density at radius 2 is 1.72 bits per heavy atom. The van der Waals surface area contributed by atoms with Crippen molar-refractivity contribution in [1.29, 1.82) is 0 Å². The third-order valence-corrected chi connectivity index (χ3v) is 20.1. The van der Waals surface area contributed by atoms with Crippen molar-refractivity contribution < 1.29 is 37.3 Å². The largest absolute Gasteiger partial charge is 0.455 e. The summed E-state index contributed by atoms with van der Waals surface area (Å²) in [5.74, 6) is -0.392. The summed E-state index contributed by atoms with van der Waals surface area (Å²) >= 11 is 7.96. The molecule has 0 radical (unpaired) electrons. The molecule has 1 unspecified atom stereocenters. The normalized spacial score (nSPS) is 18.8. The molecule has 0 spiro atoms. The summed E-state index contributed by atoms with van der Waals surface area (Å²) in [6, 6.07) is 25.5. The van der Waals surface area contributed by atoms with Crippen LogP contribution in [0.25, 0.3) is 16.6 Å². The van der Waals surface area contributed by atoms with Crippen molar-refractivity contribution in [2.24, 2.45) is 11.3 Å². The Bertz CT molecular complexity index is 3710. The molecule has 86 heavy (non-hydrogen) atoms. The molecule has 3 fully saturated rings. The highest BCUT2D eigenvalue weighted by Crippen LogP contribution is 2.44. The van der Waals surface area contributed by atoms with Crippen LogP contribution in [-0.4, -0.2) is 157 Å². The van der Waals surface area contributed by atoms with Crippen LogP contribution in [0.15, 0.2) is 119 Å². The molecule has 4 aromatic carbocycles. The quantitative estimate of drug-likeness (QED) is 0.0227. The summed E-state index contributed by atoms with van der Waals surface area (Å²) in [4.78, 5) is 82.7. The Morgan fingerprint density at radius 1 is 0.930 bits per heavy atom. The number of benzene rings is 4. The minimum atomic E-state index is -4.63. The summed E-state index contributed by atoms with van der Waals surface area (Å²) in [6.45, 7) is 13.6. The number of likely N-dealkylation sites (N-methyl/N-ethyl adjacent to an activating group) is 1. The fraction of sp³-hybridized carbons (Fsp3) is 0.413. The van der Waals surface area contributed by atoms with Gasteiger partial charge in [0, 0.05) is 123 Å². The first-order chi connectivity index (χ1) is 41.3. The van der Waals surface area contributed by atoms with Crippen LogP contribution in [0.3, 0.4) is 0 Å². The maximum Gasteiger partial charge on any atom is 0.293 e. The number of amides is 4. The fourth-order valence-electron chi connectivity index (χ4n) is 12.3. The second-order valence-corrected chi connectivity index (χ2v) is 27.2. The van der Waals surface area contributed by atoms with Gasteiger partial charge in [-0.15, -0.1) is 11.8 Å². The van der Waals surface area contributed by atoms with E-state index in [0.717, 1.165) is 123 Å². The number of rotatable bonds is 21. The number of carbonyl (C=O) groups is 4. The Balaban J connectivity index is 0.674. The number of nitrogens with zero attached hydrogens (tertiary/aromatic N) is 7. The lowest BCUT2D eigenvalue weighted by Gasteiger charge is -2.39. The number of piperazine rings is 1. The number of pyridine rings is 1. The number of nitro groups is 1. The summed E-state index contributed by atoms with van der Waals surface area (Å²) in [6.07, 6.45) is 8.72. The predicted molar refractivity (Wildman–Crippen MR) is 333 cm³/mol. The van der Waals surface area contributed by atoms with Crippen LogP contribution in [0.1, 0.15) is 90.6 Å². The first-order valence-electron chi connectivity index (χ1n) is 29.4. The highest BCUT2D eigenvalue weighted by atomic mass is 35.5. The van der Waals surface area contributed by atoms with Gasteiger partial charge < -0.3 is 34.6 Å². The third kappa shape index (κ3) is 14.1. The van der Waals surface area contributed by atoms with Gasteiger partial charge in [0.15, 0.2) is 0 Å². The Labute approximate surface area is 510 Å². The summed E-state index contributed by atoms with van der Waals surface area (Å²) in [5.41, 5.74) is 6.96. The van der Waals surface area contributed by atoms with Crippen LogP contribution in [0.4, 0.5) is 17.1 Å². The number of nitrogens with one attached hydrogen (secondary N) is 4. The molecule has 0 bridgehead atoms. The maximum atomic E-state index is 14.2. The second-order valence-electron chi connectivity index (χ2n) is 23.9. The van der Waals surface area contributed by atoms with Crippen molar-refractivity contribution in [2.75, 3.05) is 95.0 Å². The molecule has 20 nitrogen and oxygen atoms in total. The lowest BCUT2D eigenvalue weighted by molar-refractivity contribution is -0.384. The average Bonchev–Trinajstić information content (AvgIpc) is 2.70. The van der Waals surface area contributed by atoms with E-state index in [4.69, 9.17) is 16.3 Å². The van der Waals surface area contributed by atoms with Crippen LogP contribution in [0.5, 0.6) is 11.5 Å². The number of aromatic amines is 1. The van der Waals surface area contributed by atoms with E-state index in [2.05, 4.69) is 78.0 Å². The number of likely N-dealkylation sites (tertiary alicyclic amines) is 1. The van der Waals surface area contributed by atoms with Gasteiger partial charge in [-0.2, -0.15) is 0 Å². The molecule has 23 heteroatoms. The molecule has 4 aliphatic heterocycles. The molecule has 6 aromatic rings. The Hall–Kier alpha value is -7.34. The van der Waals surface area contributed by atoms with Gasteiger partial charge in [0.2, 0.25) is 11.8 Å². The number of carbonyl (C=O) groups excluding carboxylic acids is 4. The number of halogens is 1. The number of imide groups is 1. The van der Waals surface area contributed by atoms with Crippen molar-refractivity contribution in [1.82, 2.24) is 39.6 Å². The molecule has 6 heterocycles. The highest BCUT2D eigenvalue weighted by molar-refractivity contribution is 7.99. The van der Waals surface area contributed by atoms with Crippen LogP contribution < -0.4 is 25.0 Å². The number of sulfonamides is 1. The molecule has 1 aliphatic carbocycles. The van der Waals surface area contributed by atoms with Gasteiger partial charge in [0.1, 0.15) is 28.9 Å². The Kier molecular flexibility index (Phi) is 18.2. The van der Waals surface area contributed by atoms with E-state index in [9.17, 15) is 37.7 Å². The first kappa shape index (κ1) is 60.4. The SMILES string of the molecule is CN(CCSc1cccc2c1CN(C1CCC(=O)NC1=O)C2=O)CCN1CCC(CNc2ccc(S(=O)(=O)NC(=O)c3ccc(N4CCN(CC5=C(c6ccc(Cl)cc6)CC(C)(C)CC5)CC4)cc3Oc3cnc4[nH]ccc4c3)cc2[N+](=O)[O-])CC1. The molecule has 11 rings (SSSR count). The van der Waals surface area contributed by atoms with Gasteiger partial charge >= 0.3 is 0 Å². The van der Waals surface area contributed by atoms with E-state index in [1.165, 1.54) is 35.0 Å². The molecule has 0 saturated carbocycles. The van der Waals surface area contributed by atoms with Crippen molar-refractivity contribution in [3.05, 3.63) is 146 Å².